The maximum atomic E-state index is 12.6. The van der Waals surface area contributed by atoms with Crippen LogP contribution in [0.2, 0.25) is 0 Å². The van der Waals surface area contributed by atoms with Crippen molar-refractivity contribution in [1.82, 2.24) is 19.4 Å². The van der Waals surface area contributed by atoms with E-state index in [1.807, 2.05) is 4.57 Å². The molecule has 4 fully saturated rings. The number of halogens is 3. The van der Waals surface area contributed by atoms with E-state index in [1.165, 1.54) is 6.20 Å². The lowest BCUT2D eigenvalue weighted by molar-refractivity contribution is -0.274. The van der Waals surface area contributed by atoms with Gasteiger partial charge in [-0.25, -0.2) is 9.97 Å². The van der Waals surface area contributed by atoms with Crippen LogP contribution in [0.25, 0.3) is 11.3 Å². The maximum Gasteiger partial charge on any atom is 0.573 e. The number of alkyl halides is 3. The molecule has 0 amide bonds. The Hall–Kier alpha value is -2.66. The Balaban J connectivity index is 1.42. The van der Waals surface area contributed by atoms with Gasteiger partial charge in [0.15, 0.2) is 23.7 Å². The molecule has 1 atom stereocenters. The number of hydrogen-bond acceptors (Lipinski definition) is 7. The number of aldehydes is 1. The molecular weight excluding hydrogens is 415 g/mol. The van der Waals surface area contributed by atoms with Crippen LogP contribution in [0.15, 0.2) is 18.5 Å². The van der Waals surface area contributed by atoms with Gasteiger partial charge in [-0.3, -0.25) is 9.69 Å². The number of anilines is 1. The third-order valence-electron chi connectivity index (χ3n) is 6.73. The van der Waals surface area contributed by atoms with Crippen LogP contribution in [0.5, 0.6) is 5.75 Å². The van der Waals surface area contributed by atoms with Crippen LogP contribution >= 0.6 is 0 Å². The van der Waals surface area contributed by atoms with Crippen molar-refractivity contribution < 1.29 is 27.4 Å². The summed E-state index contributed by atoms with van der Waals surface area (Å²) < 4.78 is 49.2. The average molecular weight is 437 g/mol. The monoisotopic (exact) mass is 437 g/mol. The van der Waals surface area contributed by atoms with E-state index in [0.717, 1.165) is 51.6 Å². The minimum atomic E-state index is -4.89. The van der Waals surface area contributed by atoms with Crippen molar-refractivity contribution in [1.29, 1.82) is 0 Å². The zero-order valence-corrected chi connectivity index (χ0v) is 16.6. The first-order chi connectivity index (χ1) is 14.8. The number of ether oxygens (including phenoxy) is 2. The Morgan fingerprint density at radius 3 is 2.68 bits per heavy atom. The van der Waals surface area contributed by atoms with Gasteiger partial charge in [-0.15, -0.1) is 13.2 Å². The van der Waals surface area contributed by atoms with Gasteiger partial charge in [0.2, 0.25) is 0 Å². The first-order valence-corrected chi connectivity index (χ1v) is 10.2. The number of imidazole rings is 1. The molecule has 31 heavy (non-hydrogen) atoms. The van der Waals surface area contributed by atoms with Crippen molar-refractivity contribution in [3.8, 4) is 17.0 Å². The molecule has 166 valence electrons. The molecule has 2 N–H and O–H groups in total. The lowest BCUT2D eigenvalue weighted by Gasteiger charge is -2.49. The fourth-order valence-corrected chi connectivity index (χ4v) is 5.36. The number of morpholine rings is 1. The summed E-state index contributed by atoms with van der Waals surface area (Å²) in [5, 5.41) is 0. The minimum absolute atomic E-state index is 0.122. The van der Waals surface area contributed by atoms with Crippen LogP contribution in [0, 0.1) is 5.92 Å². The first kappa shape index (κ1) is 20.3. The van der Waals surface area contributed by atoms with Crippen LogP contribution in [-0.4, -0.2) is 63.9 Å². The smallest absolute Gasteiger partial charge is 0.402 e. The van der Waals surface area contributed by atoms with Crippen molar-refractivity contribution in [3.63, 3.8) is 0 Å². The molecule has 2 bridgehead atoms. The number of carbonyl (C=O) groups excluding carboxylic acids is 1. The SMILES string of the molecule is Nc1ncc(-c2cn(C3CC4(N5CCOCC5)CC3C4)c(C=O)n2)cc1OC(F)(F)F. The summed E-state index contributed by atoms with van der Waals surface area (Å²) in [5.74, 6) is -0.279. The molecule has 2 aromatic rings. The zero-order valence-electron chi connectivity index (χ0n) is 16.6. The van der Waals surface area contributed by atoms with Crippen molar-refractivity contribution >= 4 is 12.1 Å². The summed E-state index contributed by atoms with van der Waals surface area (Å²) in [6.07, 6.45) is 1.87. The van der Waals surface area contributed by atoms with Gasteiger partial charge in [0.05, 0.1) is 18.9 Å². The molecule has 1 aliphatic heterocycles. The highest BCUT2D eigenvalue weighted by Crippen LogP contribution is 2.60. The fourth-order valence-electron chi connectivity index (χ4n) is 5.36. The van der Waals surface area contributed by atoms with Gasteiger partial charge in [-0.05, 0) is 31.2 Å². The van der Waals surface area contributed by atoms with Crippen LogP contribution in [0.4, 0.5) is 19.0 Å². The second-order valence-corrected chi connectivity index (χ2v) is 8.43. The van der Waals surface area contributed by atoms with E-state index in [9.17, 15) is 18.0 Å². The Morgan fingerprint density at radius 2 is 2.00 bits per heavy atom. The molecule has 0 aromatic carbocycles. The zero-order chi connectivity index (χ0) is 21.8. The molecule has 6 rings (SSSR count). The molecule has 0 radical (unpaired) electrons. The quantitative estimate of drug-likeness (QED) is 0.719. The highest BCUT2D eigenvalue weighted by Gasteiger charge is 2.59. The fraction of sp³-hybridized carbons (Fsp3) is 0.550. The van der Waals surface area contributed by atoms with E-state index in [-0.39, 0.29) is 23.2 Å². The topological polar surface area (TPSA) is 95.5 Å². The predicted molar refractivity (Wildman–Crippen MR) is 103 cm³/mol. The number of hydrogen-bond donors (Lipinski definition) is 1. The second kappa shape index (κ2) is 7.20. The van der Waals surface area contributed by atoms with E-state index >= 15 is 0 Å². The summed E-state index contributed by atoms with van der Waals surface area (Å²) in [6, 6.07) is 1.26. The number of carbonyl (C=O) groups is 1. The van der Waals surface area contributed by atoms with Crippen LogP contribution in [0.3, 0.4) is 0 Å². The average Bonchev–Trinajstić information content (AvgIpc) is 3.40. The number of nitrogen functional groups attached to an aromatic ring is 1. The molecular formula is C20H22F3N5O3. The van der Waals surface area contributed by atoms with Crippen molar-refractivity contribution in [2.75, 3.05) is 32.0 Å². The molecule has 3 aliphatic carbocycles. The van der Waals surface area contributed by atoms with Gasteiger partial charge in [0, 0.05) is 42.6 Å². The number of pyridine rings is 1. The third kappa shape index (κ3) is 3.55. The summed E-state index contributed by atoms with van der Waals surface area (Å²) in [7, 11) is 0. The first-order valence-electron chi connectivity index (χ1n) is 10.2. The summed E-state index contributed by atoms with van der Waals surface area (Å²) in [5.41, 5.74) is 6.30. The molecule has 0 spiro atoms. The summed E-state index contributed by atoms with van der Waals surface area (Å²) in [4.78, 5) is 22.4. The molecule has 4 aliphatic rings. The maximum absolute atomic E-state index is 12.6. The van der Waals surface area contributed by atoms with E-state index in [1.54, 1.807) is 6.20 Å². The predicted octanol–water partition coefficient (Wildman–Crippen LogP) is 2.66. The lowest BCUT2D eigenvalue weighted by Crippen LogP contribution is -2.56. The summed E-state index contributed by atoms with van der Waals surface area (Å²) >= 11 is 0. The van der Waals surface area contributed by atoms with E-state index in [2.05, 4.69) is 19.6 Å². The van der Waals surface area contributed by atoms with E-state index in [0.29, 0.717) is 23.5 Å². The van der Waals surface area contributed by atoms with Gasteiger partial charge < -0.3 is 19.8 Å². The highest BCUT2D eigenvalue weighted by atomic mass is 19.4. The standard InChI is InChI=1S/C20H22F3N5O3/c21-20(22,23)31-16-5-12(9-25-18(16)24)14-10-28(17(11-29)26-14)15-8-19(6-13(15)7-19)27-1-3-30-4-2-27/h5,9-11,13,15H,1-4,6-8H2,(H2,24,25). The Kier molecular flexibility index (Phi) is 4.70. The van der Waals surface area contributed by atoms with Gasteiger partial charge in [0.1, 0.15) is 0 Å². The Labute approximate surface area is 176 Å². The molecule has 1 unspecified atom stereocenters. The molecule has 1 saturated heterocycles. The molecule has 3 saturated carbocycles. The minimum Gasteiger partial charge on any atom is -0.402 e. The lowest BCUT2D eigenvalue weighted by atomic mass is 9.75. The van der Waals surface area contributed by atoms with Gasteiger partial charge in [-0.2, -0.15) is 0 Å². The number of fused-ring (bicyclic) bond motifs is 1. The van der Waals surface area contributed by atoms with E-state index in [4.69, 9.17) is 10.5 Å². The molecule has 11 heteroatoms. The number of rotatable bonds is 5. The normalized spacial score (nSPS) is 28.4. The highest BCUT2D eigenvalue weighted by molar-refractivity contribution is 5.73. The number of nitrogens with zero attached hydrogens (tertiary/aromatic N) is 4. The van der Waals surface area contributed by atoms with E-state index < -0.39 is 12.1 Å². The summed E-state index contributed by atoms with van der Waals surface area (Å²) in [6.45, 7) is 3.29. The van der Waals surface area contributed by atoms with Gasteiger partial charge in [-0.1, -0.05) is 0 Å². The van der Waals surface area contributed by atoms with Crippen LogP contribution < -0.4 is 10.5 Å². The Morgan fingerprint density at radius 1 is 1.26 bits per heavy atom. The van der Waals surface area contributed by atoms with Gasteiger partial charge in [0.25, 0.3) is 0 Å². The van der Waals surface area contributed by atoms with Crippen molar-refractivity contribution in [2.24, 2.45) is 5.92 Å². The van der Waals surface area contributed by atoms with Crippen molar-refractivity contribution in [3.05, 3.63) is 24.3 Å². The largest absolute Gasteiger partial charge is 0.573 e. The van der Waals surface area contributed by atoms with Gasteiger partial charge >= 0.3 is 6.36 Å². The second-order valence-electron chi connectivity index (χ2n) is 8.43. The van der Waals surface area contributed by atoms with Crippen LogP contribution in [-0.2, 0) is 4.74 Å². The number of nitrogens with two attached hydrogens (primary N) is 1. The van der Waals surface area contributed by atoms with Crippen molar-refractivity contribution in [2.45, 2.75) is 37.2 Å². The molecule has 8 nitrogen and oxygen atoms in total. The number of aromatic nitrogens is 3. The van der Waals surface area contributed by atoms with Crippen LogP contribution in [0.1, 0.15) is 35.9 Å². The molecule has 3 heterocycles. The third-order valence-corrected chi connectivity index (χ3v) is 6.73. The molecule has 2 aromatic heterocycles. The Bertz CT molecular complexity index is 996.